The molecule has 2 rings (SSSR count). The van der Waals surface area contributed by atoms with Gasteiger partial charge in [0.2, 0.25) is 5.88 Å². The van der Waals surface area contributed by atoms with Crippen LogP contribution in [0.5, 0.6) is 17.4 Å². The highest BCUT2D eigenvalue weighted by Gasteiger charge is 2.14. The van der Waals surface area contributed by atoms with E-state index < -0.39 is 5.97 Å². The molecular weight excluding hydrogens is 338 g/mol. The molecular formula is C15H14BrNO4. The number of rotatable bonds is 6. The quantitative estimate of drug-likeness (QED) is 0.847. The Labute approximate surface area is 130 Å². The predicted molar refractivity (Wildman–Crippen MR) is 81.2 cm³/mol. The van der Waals surface area contributed by atoms with Crippen molar-refractivity contribution in [3.05, 3.63) is 46.6 Å². The third kappa shape index (κ3) is 4.19. The molecule has 0 aliphatic carbocycles. The summed E-state index contributed by atoms with van der Waals surface area (Å²) in [5, 5.41) is 9.15. The minimum absolute atomic E-state index is 0.00400. The molecule has 1 heterocycles. The number of carbonyl (C=O) groups is 1. The summed E-state index contributed by atoms with van der Waals surface area (Å²) in [7, 11) is 0. The molecule has 0 amide bonds. The second-order valence-electron chi connectivity index (χ2n) is 4.23. The molecule has 0 aliphatic heterocycles. The van der Waals surface area contributed by atoms with E-state index in [4.69, 9.17) is 14.6 Å². The maximum absolute atomic E-state index is 11.2. The molecule has 21 heavy (non-hydrogen) atoms. The number of aromatic nitrogens is 1. The molecule has 5 nitrogen and oxygen atoms in total. The summed E-state index contributed by atoms with van der Waals surface area (Å²) in [5.41, 5.74) is -0.00400. The van der Waals surface area contributed by atoms with E-state index in [1.807, 2.05) is 6.92 Å². The Morgan fingerprint density at radius 1 is 1.29 bits per heavy atom. The Balaban J connectivity index is 2.16. The Morgan fingerprint density at radius 2 is 1.95 bits per heavy atom. The van der Waals surface area contributed by atoms with E-state index in [9.17, 15) is 4.79 Å². The molecule has 0 saturated heterocycles. The van der Waals surface area contributed by atoms with Crippen molar-refractivity contribution in [2.45, 2.75) is 13.3 Å². The summed E-state index contributed by atoms with van der Waals surface area (Å²) >= 11 is 3.19. The third-order valence-electron chi connectivity index (χ3n) is 2.56. The topological polar surface area (TPSA) is 68.7 Å². The van der Waals surface area contributed by atoms with Gasteiger partial charge in [-0.2, -0.15) is 0 Å². The smallest absolute Gasteiger partial charge is 0.341 e. The van der Waals surface area contributed by atoms with Gasteiger partial charge in [-0.1, -0.05) is 6.92 Å². The highest BCUT2D eigenvalue weighted by Crippen LogP contribution is 2.27. The fraction of sp³-hybridized carbons (Fsp3) is 0.200. The Kier molecular flexibility index (Phi) is 5.16. The van der Waals surface area contributed by atoms with Gasteiger partial charge in [-0.05, 0) is 52.7 Å². The maximum atomic E-state index is 11.2. The second kappa shape index (κ2) is 7.08. The lowest BCUT2D eigenvalue weighted by Gasteiger charge is -2.09. The lowest BCUT2D eigenvalue weighted by molar-refractivity contribution is 0.0693. The average Bonchev–Trinajstić information content (AvgIpc) is 2.48. The standard InChI is InChI=1S/C15H14BrNO4/c1-2-7-20-11-3-5-12(6-4-11)21-14-13(15(18)19)8-10(16)9-17-14/h3-6,8-9H,2,7H2,1H3,(H,18,19). The number of pyridine rings is 1. The van der Waals surface area contributed by atoms with Crippen LogP contribution in [0.2, 0.25) is 0 Å². The fourth-order valence-electron chi connectivity index (χ4n) is 1.60. The van der Waals surface area contributed by atoms with Gasteiger partial charge in [0.05, 0.1) is 6.61 Å². The van der Waals surface area contributed by atoms with Crippen LogP contribution in [-0.4, -0.2) is 22.7 Å². The Morgan fingerprint density at radius 3 is 2.57 bits per heavy atom. The first-order valence-corrected chi connectivity index (χ1v) is 7.19. The lowest BCUT2D eigenvalue weighted by atomic mass is 10.2. The van der Waals surface area contributed by atoms with E-state index in [0.29, 0.717) is 16.8 Å². The van der Waals surface area contributed by atoms with E-state index >= 15 is 0 Å². The molecule has 0 unspecified atom stereocenters. The summed E-state index contributed by atoms with van der Waals surface area (Å²) in [5.74, 6) is 0.192. The van der Waals surface area contributed by atoms with Gasteiger partial charge < -0.3 is 14.6 Å². The summed E-state index contributed by atoms with van der Waals surface area (Å²) in [6.45, 7) is 2.68. The zero-order valence-electron chi connectivity index (χ0n) is 11.4. The normalized spacial score (nSPS) is 10.2. The van der Waals surface area contributed by atoms with E-state index in [2.05, 4.69) is 20.9 Å². The van der Waals surface area contributed by atoms with Gasteiger partial charge in [0.15, 0.2) is 0 Å². The van der Waals surface area contributed by atoms with Crippen molar-refractivity contribution in [2.75, 3.05) is 6.61 Å². The van der Waals surface area contributed by atoms with Gasteiger partial charge in [-0.25, -0.2) is 9.78 Å². The molecule has 0 aliphatic rings. The molecule has 0 bridgehead atoms. The van der Waals surface area contributed by atoms with E-state index in [0.717, 1.165) is 12.2 Å². The highest BCUT2D eigenvalue weighted by molar-refractivity contribution is 9.10. The number of carboxylic acids is 1. The molecule has 1 N–H and O–H groups in total. The van der Waals surface area contributed by atoms with Crippen molar-refractivity contribution in [2.24, 2.45) is 0 Å². The Bertz CT molecular complexity index is 628. The molecule has 110 valence electrons. The number of hydrogen-bond acceptors (Lipinski definition) is 4. The van der Waals surface area contributed by atoms with Crippen molar-refractivity contribution in [1.29, 1.82) is 0 Å². The van der Waals surface area contributed by atoms with E-state index in [1.54, 1.807) is 24.3 Å². The highest BCUT2D eigenvalue weighted by atomic mass is 79.9. The summed E-state index contributed by atoms with van der Waals surface area (Å²) in [6, 6.07) is 8.40. The van der Waals surface area contributed by atoms with Crippen LogP contribution in [0.4, 0.5) is 0 Å². The zero-order valence-corrected chi connectivity index (χ0v) is 13.0. The average molecular weight is 352 g/mol. The molecule has 0 radical (unpaired) electrons. The number of ether oxygens (including phenoxy) is 2. The first kappa shape index (κ1) is 15.3. The van der Waals surface area contributed by atoms with Crippen molar-refractivity contribution < 1.29 is 19.4 Å². The third-order valence-corrected chi connectivity index (χ3v) is 2.99. The first-order valence-electron chi connectivity index (χ1n) is 6.39. The molecule has 0 atom stereocenters. The largest absolute Gasteiger partial charge is 0.494 e. The molecule has 1 aromatic carbocycles. The maximum Gasteiger partial charge on any atom is 0.341 e. The second-order valence-corrected chi connectivity index (χ2v) is 5.15. The van der Waals surface area contributed by atoms with Crippen LogP contribution >= 0.6 is 15.9 Å². The summed E-state index contributed by atoms with van der Waals surface area (Å²) in [4.78, 5) is 15.2. The Hall–Kier alpha value is -2.08. The van der Waals surface area contributed by atoms with Crippen LogP contribution in [0, 0.1) is 0 Å². The van der Waals surface area contributed by atoms with Gasteiger partial charge in [-0.15, -0.1) is 0 Å². The SMILES string of the molecule is CCCOc1ccc(Oc2ncc(Br)cc2C(=O)O)cc1. The van der Waals surface area contributed by atoms with Gasteiger partial charge in [0, 0.05) is 10.7 Å². The number of nitrogens with zero attached hydrogens (tertiary/aromatic N) is 1. The monoisotopic (exact) mass is 351 g/mol. The van der Waals surface area contributed by atoms with Crippen LogP contribution < -0.4 is 9.47 Å². The molecule has 0 spiro atoms. The van der Waals surface area contributed by atoms with Gasteiger partial charge in [-0.3, -0.25) is 0 Å². The van der Waals surface area contributed by atoms with Gasteiger partial charge in [0.25, 0.3) is 0 Å². The minimum Gasteiger partial charge on any atom is -0.494 e. The minimum atomic E-state index is -1.10. The van der Waals surface area contributed by atoms with Gasteiger partial charge >= 0.3 is 5.97 Å². The molecule has 0 saturated carbocycles. The van der Waals surface area contributed by atoms with Crippen molar-refractivity contribution in [3.63, 3.8) is 0 Å². The fourth-order valence-corrected chi connectivity index (χ4v) is 1.93. The zero-order chi connectivity index (χ0) is 15.2. The predicted octanol–water partition coefficient (Wildman–Crippen LogP) is 4.12. The van der Waals surface area contributed by atoms with E-state index in [1.165, 1.54) is 12.3 Å². The van der Waals surface area contributed by atoms with Crippen molar-refractivity contribution >= 4 is 21.9 Å². The van der Waals surface area contributed by atoms with Crippen molar-refractivity contribution in [1.82, 2.24) is 4.98 Å². The van der Waals surface area contributed by atoms with E-state index in [-0.39, 0.29) is 11.4 Å². The summed E-state index contributed by atoms with van der Waals surface area (Å²) < 4.78 is 11.6. The van der Waals surface area contributed by atoms with Crippen LogP contribution in [0.3, 0.4) is 0 Å². The number of carboxylic acid groups (broad SMARTS) is 1. The van der Waals surface area contributed by atoms with Crippen molar-refractivity contribution in [3.8, 4) is 17.4 Å². The summed E-state index contributed by atoms with van der Waals surface area (Å²) in [6.07, 6.45) is 2.42. The molecule has 2 aromatic rings. The molecule has 0 fully saturated rings. The molecule has 6 heteroatoms. The van der Waals surface area contributed by atoms with Crippen LogP contribution in [0.1, 0.15) is 23.7 Å². The van der Waals surface area contributed by atoms with Crippen LogP contribution in [0.15, 0.2) is 41.0 Å². The first-order chi connectivity index (χ1) is 10.1. The number of halogens is 1. The number of hydrogen-bond donors (Lipinski definition) is 1. The van der Waals surface area contributed by atoms with Crippen LogP contribution in [-0.2, 0) is 0 Å². The van der Waals surface area contributed by atoms with Crippen LogP contribution in [0.25, 0.3) is 0 Å². The van der Waals surface area contributed by atoms with Gasteiger partial charge in [0.1, 0.15) is 17.1 Å². The molecule has 1 aromatic heterocycles. The number of benzene rings is 1. The number of aromatic carboxylic acids is 1. The lowest BCUT2D eigenvalue weighted by Crippen LogP contribution is -2.02.